The molecule has 1 N–H and O–H groups in total. The summed E-state index contributed by atoms with van der Waals surface area (Å²) in [6, 6.07) is 6.54. The van der Waals surface area contributed by atoms with Crippen molar-refractivity contribution >= 4 is 11.9 Å². The van der Waals surface area contributed by atoms with Gasteiger partial charge in [-0.05, 0) is 97.5 Å². The second-order valence-electron chi connectivity index (χ2n) is 10.4. The lowest BCUT2D eigenvalue weighted by Crippen LogP contribution is -2.50. The molecule has 2 nitrogen and oxygen atoms in total. The third-order valence-electron chi connectivity index (χ3n) is 8.91. The van der Waals surface area contributed by atoms with Crippen molar-refractivity contribution in [3.05, 3.63) is 52.9 Å². The normalized spacial score (nSPS) is 42.8. The molecule has 3 heteroatoms. The molecule has 0 spiro atoms. The molecule has 0 aromatic heterocycles. The molecule has 3 saturated carbocycles. The van der Waals surface area contributed by atoms with Gasteiger partial charge in [-0.15, -0.1) is 0 Å². The minimum atomic E-state index is -0.282. The van der Waals surface area contributed by atoms with Gasteiger partial charge in [0.1, 0.15) is 5.82 Å². The predicted molar refractivity (Wildman–Crippen MR) is 112 cm³/mol. The zero-order valence-corrected chi connectivity index (χ0v) is 17.5. The Labute approximate surface area is 172 Å². The standard InChI is InChI=1S/C26H31FO2/c1-25-10-8-20(28)15-18(25)6-7-21-22(25)9-11-26(2)23(21)14-17(24(26)29)12-16-4-3-5-19(27)13-16/h3-6,12-13,20-23,28H,7-11,14-15H2,1-2H3/b17-12+/t20-,21-,22+,23+,25+,26+/m1/s1. The van der Waals surface area contributed by atoms with E-state index < -0.39 is 0 Å². The van der Waals surface area contributed by atoms with E-state index in [1.165, 1.54) is 17.7 Å². The smallest absolute Gasteiger partial charge is 0.165 e. The van der Waals surface area contributed by atoms with Gasteiger partial charge in [-0.25, -0.2) is 4.39 Å². The molecule has 0 heterocycles. The van der Waals surface area contributed by atoms with Crippen molar-refractivity contribution in [3.8, 4) is 0 Å². The van der Waals surface area contributed by atoms with Gasteiger partial charge in [0, 0.05) is 5.41 Å². The van der Waals surface area contributed by atoms with Gasteiger partial charge in [0.15, 0.2) is 5.78 Å². The van der Waals surface area contributed by atoms with Gasteiger partial charge in [-0.3, -0.25) is 4.79 Å². The molecule has 1 aromatic rings. The summed E-state index contributed by atoms with van der Waals surface area (Å²) in [5.74, 6) is 1.53. The Balaban J connectivity index is 1.48. The number of halogens is 1. The molecule has 0 saturated heterocycles. The number of allylic oxidation sites excluding steroid dienone is 2. The van der Waals surface area contributed by atoms with Crippen LogP contribution in [0.1, 0.15) is 64.4 Å². The molecular weight excluding hydrogens is 363 g/mol. The lowest BCUT2D eigenvalue weighted by Gasteiger charge is -2.56. The second-order valence-corrected chi connectivity index (χ2v) is 10.4. The van der Waals surface area contributed by atoms with Crippen molar-refractivity contribution in [2.24, 2.45) is 28.6 Å². The Morgan fingerprint density at radius 2 is 1.90 bits per heavy atom. The van der Waals surface area contributed by atoms with Crippen LogP contribution < -0.4 is 0 Å². The number of carbonyl (C=O) groups excluding carboxylic acids is 1. The molecular formula is C26H31FO2. The molecule has 6 atom stereocenters. The first-order chi connectivity index (χ1) is 13.8. The van der Waals surface area contributed by atoms with Gasteiger partial charge in [0.2, 0.25) is 0 Å². The van der Waals surface area contributed by atoms with Crippen molar-refractivity contribution in [2.75, 3.05) is 0 Å². The average molecular weight is 395 g/mol. The monoisotopic (exact) mass is 394 g/mol. The topological polar surface area (TPSA) is 37.3 Å². The maximum absolute atomic E-state index is 13.6. The molecule has 0 unspecified atom stereocenters. The van der Waals surface area contributed by atoms with Crippen molar-refractivity contribution in [1.82, 2.24) is 0 Å². The Morgan fingerprint density at radius 1 is 1.10 bits per heavy atom. The third kappa shape index (κ3) is 2.88. The first-order valence-electron chi connectivity index (χ1n) is 11.2. The number of fused-ring (bicyclic) bond motifs is 5. The number of Topliss-reactive ketones (excluding diaryl/α,β-unsaturated/α-hetero) is 1. The van der Waals surface area contributed by atoms with Crippen LogP contribution in [0.4, 0.5) is 4.39 Å². The lowest BCUT2D eigenvalue weighted by atomic mass is 9.48. The van der Waals surface area contributed by atoms with Crippen molar-refractivity contribution in [2.45, 2.75) is 64.9 Å². The zero-order chi connectivity index (χ0) is 20.4. The summed E-state index contributed by atoms with van der Waals surface area (Å²) in [5.41, 5.74) is 3.02. The average Bonchev–Trinajstić information content (AvgIpc) is 2.93. The van der Waals surface area contributed by atoms with E-state index in [0.717, 1.165) is 56.1 Å². The van der Waals surface area contributed by atoms with Crippen LogP contribution in [0.15, 0.2) is 41.5 Å². The predicted octanol–water partition coefficient (Wildman–Crippen LogP) is 5.71. The number of ketones is 1. The molecule has 0 radical (unpaired) electrons. The lowest BCUT2D eigenvalue weighted by molar-refractivity contribution is -0.130. The maximum Gasteiger partial charge on any atom is 0.165 e. The number of rotatable bonds is 1. The number of hydrogen-bond acceptors (Lipinski definition) is 2. The largest absolute Gasteiger partial charge is 0.393 e. The highest BCUT2D eigenvalue weighted by atomic mass is 19.1. The van der Waals surface area contributed by atoms with Crippen LogP contribution >= 0.6 is 0 Å². The van der Waals surface area contributed by atoms with Crippen LogP contribution in [0, 0.1) is 34.4 Å². The molecule has 4 aliphatic carbocycles. The van der Waals surface area contributed by atoms with Crippen molar-refractivity contribution < 1.29 is 14.3 Å². The molecule has 5 rings (SSSR count). The number of aliphatic hydroxyl groups excluding tert-OH is 1. The zero-order valence-electron chi connectivity index (χ0n) is 17.5. The number of carbonyl (C=O) groups is 1. The van der Waals surface area contributed by atoms with Gasteiger partial charge >= 0.3 is 0 Å². The van der Waals surface area contributed by atoms with E-state index >= 15 is 0 Å². The molecule has 0 aliphatic heterocycles. The third-order valence-corrected chi connectivity index (χ3v) is 8.91. The SMILES string of the molecule is C[C@]12CC[C@@H](O)CC1=CC[C@@H]1[C@@H]2CC[C@]2(C)C(=O)/C(=C/c3cccc(F)c3)C[C@@H]12. The van der Waals surface area contributed by atoms with Crippen LogP contribution in [0.25, 0.3) is 6.08 Å². The molecule has 29 heavy (non-hydrogen) atoms. The van der Waals surface area contributed by atoms with E-state index in [9.17, 15) is 14.3 Å². The van der Waals surface area contributed by atoms with Crippen molar-refractivity contribution in [1.29, 1.82) is 0 Å². The van der Waals surface area contributed by atoms with E-state index in [0.29, 0.717) is 17.8 Å². The fourth-order valence-electron chi connectivity index (χ4n) is 7.24. The molecule has 0 amide bonds. The van der Waals surface area contributed by atoms with Crippen LogP contribution in [-0.2, 0) is 4.79 Å². The van der Waals surface area contributed by atoms with Crippen molar-refractivity contribution in [3.63, 3.8) is 0 Å². The Morgan fingerprint density at radius 3 is 2.69 bits per heavy atom. The number of hydrogen-bond donors (Lipinski definition) is 1. The summed E-state index contributed by atoms with van der Waals surface area (Å²) in [5, 5.41) is 10.2. The highest BCUT2D eigenvalue weighted by Gasteiger charge is 2.59. The minimum Gasteiger partial charge on any atom is -0.393 e. The van der Waals surface area contributed by atoms with Crippen LogP contribution in [0.5, 0.6) is 0 Å². The molecule has 4 aliphatic rings. The fraction of sp³-hybridized carbons (Fsp3) is 0.577. The van der Waals surface area contributed by atoms with E-state index in [1.54, 1.807) is 6.07 Å². The molecule has 3 fully saturated rings. The summed E-state index contributed by atoms with van der Waals surface area (Å²) in [6.07, 6.45) is 10.8. The number of benzene rings is 1. The van der Waals surface area contributed by atoms with E-state index in [1.807, 2.05) is 12.1 Å². The summed E-state index contributed by atoms with van der Waals surface area (Å²) in [4.78, 5) is 13.4. The second kappa shape index (κ2) is 6.63. The van der Waals surface area contributed by atoms with E-state index in [4.69, 9.17) is 0 Å². The van der Waals surface area contributed by atoms with Crippen LogP contribution in [-0.4, -0.2) is 17.0 Å². The first kappa shape index (κ1) is 19.2. The number of aliphatic hydroxyl groups is 1. The molecule has 1 aromatic carbocycles. The van der Waals surface area contributed by atoms with Crippen LogP contribution in [0.3, 0.4) is 0 Å². The highest BCUT2D eigenvalue weighted by molar-refractivity contribution is 6.05. The Kier molecular flexibility index (Phi) is 4.40. The quantitative estimate of drug-likeness (QED) is 0.489. The van der Waals surface area contributed by atoms with Gasteiger partial charge in [-0.1, -0.05) is 37.6 Å². The summed E-state index contributed by atoms with van der Waals surface area (Å²) >= 11 is 0. The highest BCUT2D eigenvalue weighted by Crippen LogP contribution is 2.64. The van der Waals surface area contributed by atoms with Crippen LogP contribution in [0.2, 0.25) is 0 Å². The minimum absolute atomic E-state index is 0.182. The van der Waals surface area contributed by atoms with Gasteiger partial charge in [0.25, 0.3) is 0 Å². The fourth-order valence-corrected chi connectivity index (χ4v) is 7.24. The summed E-state index contributed by atoms with van der Waals surface area (Å²) in [7, 11) is 0. The van der Waals surface area contributed by atoms with E-state index in [-0.39, 0.29) is 28.5 Å². The van der Waals surface area contributed by atoms with Gasteiger partial charge in [-0.2, -0.15) is 0 Å². The van der Waals surface area contributed by atoms with Gasteiger partial charge in [0.05, 0.1) is 6.10 Å². The van der Waals surface area contributed by atoms with Gasteiger partial charge < -0.3 is 5.11 Å². The summed E-state index contributed by atoms with van der Waals surface area (Å²) < 4.78 is 13.6. The maximum atomic E-state index is 13.6. The first-order valence-corrected chi connectivity index (χ1v) is 11.2. The Hall–Kier alpha value is -1.74. The van der Waals surface area contributed by atoms with E-state index in [2.05, 4.69) is 19.9 Å². The molecule has 154 valence electrons. The Bertz CT molecular complexity index is 915. The summed E-state index contributed by atoms with van der Waals surface area (Å²) in [6.45, 7) is 4.58. The molecule has 0 bridgehead atoms.